The molecule has 0 aliphatic heterocycles. The van der Waals surface area contributed by atoms with E-state index in [0.717, 1.165) is 11.3 Å². The van der Waals surface area contributed by atoms with Gasteiger partial charge in [0.15, 0.2) is 0 Å². The number of amides is 2. The number of aromatic nitrogens is 2. The Morgan fingerprint density at radius 2 is 1.59 bits per heavy atom. The van der Waals surface area contributed by atoms with Crippen LogP contribution in [-0.4, -0.2) is 37.5 Å². The number of ether oxygens (including phenoxy) is 1. The molecule has 0 aliphatic carbocycles. The van der Waals surface area contributed by atoms with Crippen LogP contribution in [0.25, 0.3) is 0 Å². The third-order valence-electron chi connectivity index (χ3n) is 4.19. The molecule has 32 heavy (non-hydrogen) atoms. The van der Waals surface area contributed by atoms with Gasteiger partial charge in [0.1, 0.15) is 10.8 Å². The number of anilines is 2. The van der Waals surface area contributed by atoms with Crippen LogP contribution >= 0.6 is 11.3 Å². The number of carbonyl (C=O) groups excluding carboxylic acids is 2. The van der Waals surface area contributed by atoms with E-state index in [1.807, 2.05) is 0 Å². The topological polar surface area (TPSA) is 139 Å². The first-order valence-corrected chi connectivity index (χ1v) is 11.8. The van der Waals surface area contributed by atoms with Gasteiger partial charge in [0, 0.05) is 17.8 Å². The summed E-state index contributed by atoms with van der Waals surface area (Å²) in [6.07, 6.45) is 0.323. The maximum Gasteiger partial charge on any atom is 0.286 e. The van der Waals surface area contributed by atoms with Crippen LogP contribution < -0.4 is 20.1 Å². The van der Waals surface area contributed by atoms with Crippen LogP contribution in [0.5, 0.6) is 5.75 Å². The van der Waals surface area contributed by atoms with Crippen molar-refractivity contribution in [1.29, 1.82) is 0 Å². The largest absolute Gasteiger partial charge is 0.497 e. The summed E-state index contributed by atoms with van der Waals surface area (Å²) in [5, 5.41) is 13.5. The van der Waals surface area contributed by atoms with Crippen LogP contribution in [0.2, 0.25) is 0 Å². The van der Waals surface area contributed by atoms with Crippen molar-refractivity contribution in [2.45, 2.75) is 24.8 Å². The summed E-state index contributed by atoms with van der Waals surface area (Å²) in [5.74, 6) is 0.0437. The lowest BCUT2D eigenvalue weighted by Crippen LogP contribution is -2.23. The van der Waals surface area contributed by atoms with Gasteiger partial charge >= 0.3 is 0 Å². The van der Waals surface area contributed by atoms with E-state index in [-0.39, 0.29) is 22.4 Å². The van der Waals surface area contributed by atoms with Gasteiger partial charge in [-0.1, -0.05) is 18.3 Å². The number of hydrogen-bond donors (Lipinski definition) is 3. The summed E-state index contributed by atoms with van der Waals surface area (Å²) >= 11 is 0.982. The Bertz CT molecular complexity index is 1190. The van der Waals surface area contributed by atoms with Gasteiger partial charge in [-0.05, 0) is 48.5 Å². The van der Waals surface area contributed by atoms with E-state index in [1.165, 1.54) is 24.3 Å². The number of methoxy groups -OCH3 is 1. The number of nitrogens with one attached hydrogen (secondary N) is 3. The summed E-state index contributed by atoms with van der Waals surface area (Å²) in [6, 6.07) is 12.6. The Labute approximate surface area is 189 Å². The molecule has 1 heterocycles. The number of nitrogens with zero attached hydrogens (tertiary/aromatic N) is 2. The molecule has 1 aromatic heterocycles. The first kappa shape index (κ1) is 23.3. The Balaban J connectivity index is 1.58. The van der Waals surface area contributed by atoms with Crippen molar-refractivity contribution in [3.05, 3.63) is 58.5 Å². The number of rotatable bonds is 9. The Morgan fingerprint density at radius 1 is 0.969 bits per heavy atom. The van der Waals surface area contributed by atoms with Crippen molar-refractivity contribution in [1.82, 2.24) is 14.9 Å². The molecule has 0 saturated heterocycles. The summed E-state index contributed by atoms with van der Waals surface area (Å²) in [6.45, 7) is 1.60. The number of sulfonamides is 1. The first-order valence-electron chi connectivity index (χ1n) is 9.48. The van der Waals surface area contributed by atoms with Crippen molar-refractivity contribution in [3.63, 3.8) is 0 Å². The van der Waals surface area contributed by atoms with Gasteiger partial charge in [-0.2, -0.15) is 0 Å². The highest BCUT2D eigenvalue weighted by atomic mass is 32.2. The van der Waals surface area contributed by atoms with Gasteiger partial charge in [0.05, 0.1) is 18.6 Å². The van der Waals surface area contributed by atoms with Gasteiger partial charge in [-0.15, -0.1) is 10.2 Å². The van der Waals surface area contributed by atoms with E-state index in [0.29, 0.717) is 28.6 Å². The van der Waals surface area contributed by atoms with Gasteiger partial charge in [-0.25, -0.2) is 13.1 Å². The zero-order valence-corrected chi connectivity index (χ0v) is 18.9. The van der Waals surface area contributed by atoms with E-state index in [4.69, 9.17) is 4.74 Å². The summed E-state index contributed by atoms with van der Waals surface area (Å²) in [7, 11) is -2.26. The normalized spacial score (nSPS) is 11.1. The highest BCUT2D eigenvalue weighted by molar-refractivity contribution is 7.89. The third-order valence-corrected chi connectivity index (χ3v) is 6.53. The van der Waals surface area contributed by atoms with E-state index in [1.54, 1.807) is 38.3 Å². The Morgan fingerprint density at radius 3 is 2.22 bits per heavy atom. The lowest BCUT2D eigenvalue weighted by Gasteiger charge is -2.07. The lowest BCUT2D eigenvalue weighted by molar-refractivity contribution is -0.115. The lowest BCUT2D eigenvalue weighted by atomic mass is 10.3. The van der Waals surface area contributed by atoms with E-state index in [2.05, 4.69) is 25.6 Å². The van der Waals surface area contributed by atoms with Crippen molar-refractivity contribution in [2.75, 3.05) is 17.7 Å². The second-order valence-electron chi connectivity index (χ2n) is 6.43. The zero-order chi connectivity index (χ0) is 23.1. The average Bonchev–Trinajstić information content (AvgIpc) is 3.28. The SMILES string of the molecule is CCC(=O)Nc1ccc(S(=O)(=O)NCc2nnc(C(=O)Nc3ccc(OC)cc3)s2)cc1. The molecule has 3 rings (SSSR count). The minimum Gasteiger partial charge on any atom is -0.497 e. The highest BCUT2D eigenvalue weighted by Crippen LogP contribution is 2.18. The molecule has 2 amide bonds. The van der Waals surface area contributed by atoms with Crippen molar-refractivity contribution in [3.8, 4) is 5.75 Å². The summed E-state index contributed by atoms with van der Waals surface area (Å²) in [5.41, 5.74) is 1.07. The monoisotopic (exact) mass is 475 g/mol. The molecular formula is C20H21N5O5S2. The number of carbonyl (C=O) groups is 2. The number of hydrogen-bond acceptors (Lipinski definition) is 8. The van der Waals surface area contributed by atoms with E-state index in [9.17, 15) is 18.0 Å². The molecule has 168 valence electrons. The molecule has 3 N–H and O–H groups in total. The second-order valence-corrected chi connectivity index (χ2v) is 9.26. The molecule has 10 nitrogen and oxygen atoms in total. The molecule has 12 heteroatoms. The standard InChI is InChI=1S/C20H21N5O5S2/c1-3-17(26)22-13-6-10-16(11-7-13)32(28,29)21-12-18-24-25-20(31-18)19(27)23-14-4-8-15(30-2)9-5-14/h4-11,21H,3,12H2,1-2H3,(H,22,26)(H,23,27). The maximum atomic E-state index is 12.5. The molecule has 2 aromatic carbocycles. The van der Waals surface area contributed by atoms with Crippen molar-refractivity contribution >= 4 is 44.5 Å². The van der Waals surface area contributed by atoms with Crippen molar-refractivity contribution in [2.24, 2.45) is 0 Å². The fourth-order valence-electron chi connectivity index (χ4n) is 2.48. The Kier molecular flexibility index (Phi) is 7.51. The van der Waals surface area contributed by atoms with Gasteiger partial charge in [0.2, 0.25) is 20.9 Å². The molecule has 3 aromatic rings. The molecule has 0 bridgehead atoms. The quantitative estimate of drug-likeness (QED) is 0.432. The van der Waals surface area contributed by atoms with Gasteiger partial charge in [-0.3, -0.25) is 9.59 Å². The maximum absolute atomic E-state index is 12.5. The van der Waals surface area contributed by atoms with E-state index >= 15 is 0 Å². The van der Waals surface area contributed by atoms with Crippen LogP contribution in [0.15, 0.2) is 53.4 Å². The summed E-state index contributed by atoms with van der Waals surface area (Å²) < 4.78 is 32.5. The second kappa shape index (κ2) is 10.3. The molecule has 0 spiro atoms. The summed E-state index contributed by atoms with van der Waals surface area (Å²) in [4.78, 5) is 23.8. The van der Waals surface area contributed by atoms with Crippen LogP contribution in [0, 0.1) is 0 Å². The molecular weight excluding hydrogens is 454 g/mol. The molecule has 0 fully saturated rings. The number of benzene rings is 2. The van der Waals surface area contributed by atoms with Crippen molar-refractivity contribution < 1.29 is 22.7 Å². The smallest absolute Gasteiger partial charge is 0.286 e. The molecule has 0 aliphatic rings. The predicted octanol–water partition coefficient (Wildman–Crippen LogP) is 2.63. The van der Waals surface area contributed by atoms with Crippen LogP contribution in [0.1, 0.15) is 28.2 Å². The first-order chi connectivity index (χ1) is 15.3. The average molecular weight is 476 g/mol. The van der Waals surface area contributed by atoms with Crippen LogP contribution in [0.3, 0.4) is 0 Å². The zero-order valence-electron chi connectivity index (χ0n) is 17.3. The molecule has 0 unspecified atom stereocenters. The third kappa shape index (κ3) is 6.09. The minimum atomic E-state index is -3.81. The van der Waals surface area contributed by atoms with Crippen LogP contribution in [0.4, 0.5) is 11.4 Å². The molecule has 0 saturated carbocycles. The highest BCUT2D eigenvalue weighted by Gasteiger charge is 2.17. The van der Waals surface area contributed by atoms with Crippen LogP contribution in [-0.2, 0) is 21.4 Å². The molecule has 0 atom stereocenters. The Hall–Kier alpha value is -3.35. The van der Waals surface area contributed by atoms with Gasteiger partial charge < -0.3 is 15.4 Å². The fraction of sp³-hybridized carbons (Fsp3) is 0.200. The minimum absolute atomic E-state index is 0.0361. The van der Waals surface area contributed by atoms with E-state index < -0.39 is 15.9 Å². The molecule has 0 radical (unpaired) electrons. The fourth-order valence-corrected chi connectivity index (χ4v) is 4.24. The van der Waals surface area contributed by atoms with Gasteiger partial charge in [0.25, 0.3) is 5.91 Å². The predicted molar refractivity (Wildman–Crippen MR) is 120 cm³/mol.